The minimum Gasteiger partial charge on any atom is -0.507 e. The van der Waals surface area contributed by atoms with E-state index in [1.807, 2.05) is 0 Å². The molecule has 3 rings (SSSR count). The summed E-state index contributed by atoms with van der Waals surface area (Å²) in [5.41, 5.74) is 2.99. The van der Waals surface area contributed by atoms with Gasteiger partial charge in [0.25, 0.3) is 5.91 Å². The molecule has 1 saturated heterocycles. The lowest BCUT2D eigenvalue weighted by molar-refractivity contribution is -0.136. The van der Waals surface area contributed by atoms with Crippen LogP contribution in [0, 0.1) is 0 Å². The molecule has 1 fully saturated rings. The lowest BCUT2D eigenvalue weighted by atomic mass is 10.1. The second-order valence-electron chi connectivity index (χ2n) is 6.16. The van der Waals surface area contributed by atoms with E-state index < -0.39 is 11.8 Å². The molecule has 1 heterocycles. The van der Waals surface area contributed by atoms with Gasteiger partial charge >= 0.3 is 11.8 Å². The molecular weight excluding hydrogens is 376 g/mol. The molecule has 2 aromatic rings. The molecule has 9 heteroatoms. The van der Waals surface area contributed by atoms with Crippen LogP contribution in [0.15, 0.2) is 53.6 Å². The standard InChI is InChI=1S/C20H20N4O5/c25-17-8-4-1-5-14(17)13-21-23-19(27)18(26)22-16-7-3-2-6-15(16)20(28)24-9-11-29-12-10-24/h1-8,13,25H,9-12H2,(H,22,26)(H,23,27)/b21-13+. The van der Waals surface area contributed by atoms with Crippen LogP contribution in [0.5, 0.6) is 5.75 Å². The van der Waals surface area contributed by atoms with Gasteiger partial charge in [-0.3, -0.25) is 14.4 Å². The van der Waals surface area contributed by atoms with Crippen LogP contribution >= 0.6 is 0 Å². The third-order valence-corrected chi connectivity index (χ3v) is 4.22. The van der Waals surface area contributed by atoms with E-state index in [4.69, 9.17) is 4.74 Å². The number of phenolic OH excluding ortho intramolecular Hbond substituents is 1. The summed E-state index contributed by atoms with van der Waals surface area (Å²) in [6, 6.07) is 12.9. The second kappa shape index (κ2) is 9.47. The fourth-order valence-electron chi connectivity index (χ4n) is 2.70. The van der Waals surface area contributed by atoms with Crippen LogP contribution in [0.25, 0.3) is 0 Å². The highest BCUT2D eigenvalue weighted by atomic mass is 16.5. The molecule has 1 aliphatic rings. The fourth-order valence-corrected chi connectivity index (χ4v) is 2.70. The molecule has 0 aliphatic carbocycles. The van der Waals surface area contributed by atoms with Crippen molar-refractivity contribution in [2.45, 2.75) is 0 Å². The molecule has 9 nitrogen and oxygen atoms in total. The summed E-state index contributed by atoms with van der Waals surface area (Å²) in [5.74, 6) is -2.24. The Hall–Kier alpha value is -3.72. The molecule has 3 N–H and O–H groups in total. The van der Waals surface area contributed by atoms with Gasteiger partial charge in [0.1, 0.15) is 5.75 Å². The summed E-state index contributed by atoms with van der Waals surface area (Å²) in [6.07, 6.45) is 1.22. The number of aromatic hydroxyl groups is 1. The van der Waals surface area contributed by atoms with Gasteiger partial charge in [0, 0.05) is 18.7 Å². The van der Waals surface area contributed by atoms with Crippen molar-refractivity contribution in [3.8, 4) is 5.75 Å². The summed E-state index contributed by atoms with van der Waals surface area (Å²) in [5, 5.41) is 15.7. The first-order valence-electron chi connectivity index (χ1n) is 8.94. The Kier molecular flexibility index (Phi) is 6.54. The molecule has 0 atom stereocenters. The number of carbonyl (C=O) groups is 3. The van der Waals surface area contributed by atoms with Crippen molar-refractivity contribution in [2.24, 2.45) is 5.10 Å². The number of rotatable bonds is 4. The van der Waals surface area contributed by atoms with Crippen molar-refractivity contribution in [1.29, 1.82) is 0 Å². The van der Waals surface area contributed by atoms with Crippen LogP contribution < -0.4 is 10.7 Å². The van der Waals surface area contributed by atoms with Crippen molar-refractivity contribution in [3.05, 3.63) is 59.7 Å². The van der Waals surface area contributed by atoms with Gasteiger partial charge in [0.15, 0.2) is 0 Å². The van der Waals surface area contributed by atoms with E-state index in [-0.39, 0.29) is 22.9 Å². The van der Waals surface area contributed by atoms with Gasteiger partial charge in [-0.15, -0.1) is 0 Å². The number of amides is 3. The second-order valence-corrected chi connectivity index (χ2v) is 6.16. The van der Waals surface area contributed by atoms with E-state index in [1.54, 1.807) is 47.4 Å². The number of nitrogens with zero attached hydrogens (tertiary/aromatic N) is 2. The summed E-state index contributed by atoms with van der Waals surface area (Å²) < 4.78 is 5.24. The number of hydrogen-bond donors (Lipinski definition) is 3. The quantitative estimate of drug-likeness (QED) is 0.404. The molecule has 3 amide bonds. The van der Waals surface area contributed by atoms with Crippen molar-refractivity contribution >= 4 is 29.6 Å². The summed E-state index contributed by atoms with van der Waals surface area (Å²) in [4.78, 5) is 38.5. The molecule has 29 heavy (non-hydrogen) atoms. The van der Waals surface area contributed by atoms with Gasteiger partial charge in [-0.25, -0.2) is 5.43 Å². The van der Waals surface area contributed by atoms with Crippen molar-refractivity contribution in [1.82, 2.24) is 10.3 Å². The maximum absolute atomic E-state index is 12.7. The Morgan fingerprint density at radius 3 is 2.45 bits per heavy atom. The van der Waals surface area contributed by atoms with Crippen LogP contribution in [0.4, 0.5) is 5.69 Å². The molecular formula is C20H20N4O5. The number of phenols is 1. The maximum Gasteiger partial charge on any atom is 0.329 e. The molecule has 0 bridgehead atoms. The summed E-state index contributed by atoms with van der Waals surface area (Å²) >= 11 is 0. The zero-order valence-corrected chi connectivity index (χ0v) is 15.5. The highest BCUT2D eigenvalue weighted by molar-refractivity contribution is 6.40. The normalized spacial score (nSPS) is 13.9. The Bertz CT molecular complexity index is 938. The van der Waals surface area contributed by atoms with E-state index in [0.717, 1.165) is 0 Å². The van der Waals surface area contributed by atoms with E-state index in [2.05, 4.69) is 15.8 Å². The number of hydrazone groups is 1. The van der Waals surface area contributed by atoms with E-state index in [0.29, 0.717) is 31.9 Å². The average molecular weight is 396 g/mol. The first kappa shape index (κ1) is 20.0. The average Bonchev–Trinajstić information content (AvgIpc) is 2.75. The number of anilines is 1. The van der Waals surface area contributed by atoms with Crippen LogP contribution in [0.3, 0.4) is 0 Å². The number of hydrogen-bond acceptors (Lipinski definition) is 6. The summed E-state index contributed by atoms with van der Waals surface area (Å²) in [7, 11) is 0. The smallest absolute Gasteiger partial charge is 0.329 e. The zero-order chi connectivity index (χ0) is 20.6. The predicted molar refractivity (Wildman–Crippen MR) is 106 cm³/mol. The van der Waals surface area contributed by atoms with E-state index in [9.17, 15) is 19.5 Å². The Morgan fingerprint density at radius 2 is 1.69 bits per heavy atom. The lowest BCUT2D eigenvalue weighted by Crippen LogP contribution is -2.41. The SMILES string of the molecule is O=C(N/N=C/c1ccccc1O)C(=O)Nc1ccccc1C(=O)N1CCOCC1. The fraction of sp³-hybridized carbons (Fsp3) is 0.200. The van der Waals surface area contributed by atoms with Crippen LogP contribution in [-0.2, 0) is 14.3 Å². The van der Waals surface area contributed by atoms with Gasteiger partial charge in [-0.2, -0.15) is 5.10 Å². The highest BCUT2D eigenvalue weighted by Gasteiger charge is 2.22. The Morgan fingerprint density at radius 1 is 1.00 bits per heavy atom. The van der Waals surface area contributed by atoms with E-state index in [1.165, 1.54) is 12.3 Å². The van der Waals surface area contributed by atoms with Crippen molar-refractivity contribution in [2.75, 3.05) is 31.6 Å². The minimum absolute atomic E-state index is 0.00879. The molecule has 2 aromatic carbocycles. The molecule has 150 valence electrons. The van der Waals surface area contributed by atoms with Gasteiger partial charge in [0.2, 0.25) is 0 Å². The number of benzene rings is 2. The van der Waals surface area contributed by atoms with Crippen molar-refractivity contribution in [3.63, 3.8) is 0 Å². The van der Waals surface area contributed by atoms with Gasteiger partial charge in [0.05, 0.1) is 30.7 Å². The minimum atomic E-state index is -1.01. The van der Waals surface area contributed by atoms with Crippen molar-refractivity contribution < 1.29 is 24.2 Å². The van der Waals surface area contributed by atoms with Gasteiger partial charge < -0.3 is 20.1 Å². The van der Waals surface area contributed by atoms with Crippen LogP contribution in [0.2, 0.25) is 0 Å². The highest BCUT2D eigenvalue weighted by Crippen LogP contribution is 2.18. The topological polar surface area (TPSA) is 120 Å². The van der Waals surface area contributed by atoms with Gasteiger partial charge in [-0.1, -0.05) is 24.3 Å². The lowest BCUT2D eigenvalue weighted by Gasteiger charge is -2.27. The first-order valence-corrected chi connectivity index (χ1v) is 8.94. The number of carbonyl (C=O) groups excluding carboxylic acids is 3. The number of para-hydroxylation sites is 2. The first-order chi connectivity index (χ1) is 14.1. The largest absolute Gasteiger partial charge is 0.507 e. The molecule has 0 saturated carbocycles. The Balaban J connectivity index is 1.63. The third kappa shape index (κ3) is 5.17. The molecule has 1 aliphatic heterocycles. The maximum atomic E-state index is 12.7. The molecule has 0 radical (unpaired) electrons. The van der Waals surface area contributed by atoms with Crippen LogP contribution in [-0.4, -0.2) is 60.2 Å². The summed E-state index contributed by atoms with van der Waals surface area (Å²) in [6.45, 7) is 1.83. The monoisotopic (exact) mass is 396 g/mol. The molecule has 0 aromatic heterocycles. The zero-order valence-electron chi connectivity index (χ0n) is 15.5. The van der Waals surface area contributed by atoms with E-state index >= 15 is 0 Å². The third-order valence-electron chi connectivity index (χ3n) is 4.22. The Labute approximate surface area is 167 Å². The molecule has 0 unspecified atom stereocenters. The molecule has 0 spiro atoms. The number of nitrogens with one attached hydrogen (secondary N) is 2. The number of morpholine rings is 1. The van der Waals surface area contributed by atoms with Crippen LogP contribution in [0.1, 0.15) is 15.9 Å². The van der Waals surface area contributed by atoms with Gasteiger partial charge in [-0.05, 0) is 24.3 Å². The number of ether oxygens (including phenoxy) is 1. The predicted octanol–water partition coefficient (Wildman–Crippen LogP) is 0.953.